The van der Waals surface area contributed by atoms with Gasteiger partial charge in [0.25, 0.3) is 11.7 Å². The van der Waals surface area contributed by atoms with Crippen molar-refractivity contribution >= 4 is 28.1 Å². The standard InChI is InChI=1S/C46H32N3/c1-46(2)42-25-30(29-47)13-23-40(42)41-24-22-36(28-43(41)46)32-16-14-31(15-17-32)35-20-18-33-19-21-37(27-38(33)26-35)45-48-44(34-9-5-3-6-10-34)49(45)39-11-7-4-8-12-39/h3-28H,1-2H3/q+1. The zero-order valence-electron chi connectivity index (χ0n) is 27.4. The summed E-state index contributed by atoms with van der Waals surface area (Å²) in [4.78, 5) is 5.04. The highest BCUT2D eigenvalue weighted by molar-refractivity contribution is 6.17. The number of rotatable bonds is 5. The molecule has 3 nitrogen and oxygen atoms in total. The molecule has 0 saturated carbocycles. The minimum Gasteiger partial charge on any atom is -0.192 e. The average Bonchev–Trinajstić information content (AvgIpc) is 3.36. The zero-order valence-corrected chi connectivity index (χ0v) is 27.4. The first-order valence-corrected chi connectivity index (χ1v) is 16.7. The molecule has 0 saturated heterocycles. The van der Waals surface area contributed by atoms with Crippen LogP contribution in [0.3, 0.4) is 0 Å². The molecule has 9 rings (SSSR count). The summed E-state index contributed by atoms with van der Waals surface area (Å²) in [6, 6.07) is 58.2. The SMILES string of the molecule is CC1(C)c2cc(C#N)ccc2-c2ccc(-c3ccc(-c4ccc5ccc(C6=[N+](c7ccccc7)C(c7ccccc7)=N6)cc5c4)cc3)cc21. The molecule has 0 amide bonds. The average molecular weight is 627 g/mol. The molecule has 0 spiro atoms. The lowest BCUT2D eigenvalue weighted by Gasteiger charge is -2.22. The highest BCUT2D eigenvalue weighted by Gasteiger charge is 2.36. The fourth-order valence-corrected chi connectivity index (χ4v) is 7.46. The molecule has 7 aromatic rings. The van der Waals surface area contributed by atoms with Crippen LogP contribution in [-0.4, -0.2) is 16.2 Å². The van der Waals surface area contributed by atoms with E-state index in [0.29, 0.717) is 5.56 Å². The van der Waals surface area contributed by atoms with Crippen LogP contribution in [0.15, 0.2) is 163 Å². The summed E-state index contributed by atoms with van der Waals surface area (Å²) in [5.41, 5.74) is 13.6. The minimum atomic E-state index is -0.165. The second kappa shape index (κ2) is 11.1. The molecule has 1 aliphatic heterocycles. The molecule has 7 aromatic carbocycles. The van der Waals surface area contributed by atoms with E-state index in [1.165, 1.54) is 55.3 Å². The molecule has 0 unspecified atom stereocenters. The Morgan fingerprint density at radius 1 is 0.510 bits per heavy atom. The Morgan fingerprint density at radius 2 is 1.06 bits per heavy atom. The Bertz CT molecular complexity index is 2550. The van der Waals surface area contributed by atoms with Gasteiger partial charge in [0.2, 0.25) is 0 Å². The third-order valence-electron chi connectivity index (χ3n) is 10.1. The summed E-state index contributed by atoms with van der Waals surface area (Å²) in [7, 11) is 0. The number of nitriles is 1. The van der Waals surface area contributed by atoms with Crippen molar-refractivity contribution in [1.29, 1.82) is 5.26 Å². The van der Waals surface area contributed by atoms with E-state index in [4.69, 9.17) is 4.99 Å². The number of hydrogen-bond acceptors (Lipinski definition) is 2. The maximum Gasteiger partial charge on any atom is 0.279 e. The van der Waals surface area contributed by atoms with Crippen molar-refractivity contribution in [3.8, 4) is 39.4 Å². The second-order valence-corrected chi connectivity index (χ2v) is 13.4. The molecule has 3 heteroatoms. The number of aliphatic imine (C=N–C) groups is 1. The van der Waals surface area contributed by atoms with Gasteiger partial charge in [-0.2, -0.15) is 9.84 Å². The van der Waals surface area contributed by atoms with Crippen molar-refractivity contribution in [3.63, 3.8) is 0 Å². The second-order valence-electron chi connectivity index (χ2n) is 13.4. The monoisotopic (exact) mass is 626 g/mol. The first kappa shape index (κ1) is 28.8. The third-order valence-corrected chi connectivity index (χ3v) is 10.1. The summed E-state index contributed by atoms with van der Waals surface area (Å²) < 4.78 is 2.25. The van der Waals surface area contributed by atoms with Crippen LogP contribution >= 0.6 is 0 Å². The first-order chi connectivity index (χ1) is 24.0. The summed E-state index contributed by atoms with van der Waals surface area (Å²) in [6.45, 7) is 4.52. The van der Waals surface area contributed by atoms with E-state index in [-0.39, 0.29) is 5.41 Å². The van der Waals surface area contributed by atoms with Gasteiger partial charge < -0.3 is 0 Å². The quantitative estimate of drug-likeness (QED) is 0.175. The largest absolute Gasteiger partial charge is 0.279 e. The number of para-hydroxylation sites is 1. The number of amidine groups is 2. The van der Waals surface area contributed by atoms with Crippen molar-refractivity contribution in [2.24, 2.45) is 4.99 Å². The van der Waals surface area contributed by atoms with Crippen LogP contribution in [0.2, 0.25) is 0 Å². The molecule has 49 heavy (non-hydrogen) atoms. The van der Waals surface area contributed by atoms with Crippen molar-refractivity contribution < 1.29 is 4.58 Å². The number of fused-ring (bicyclic) bond motifs is 4. The first-order valence-electron chi connectivity index (χ1n) is 16.7. The van der Waals surface area contributed by atoms with E-state index in [2.05, 4.69) is 164 Å². The van der Waals surface area contributed by atoms with Gasteiger partial charge in [-0.15, -0.1) is 0 Å². The maximum atomic E-state index is 9.49. The molecule has 0 fully saturated rings. The third kappa shape index (κ3) is 4.73. The topological polar surface area (TPSA) is 39.2 Å². The molecular weight excluding hydrogens is 595 g/mol. The molecule has 0 atom stereocenters. The van der Waals surface area contributed by atoms with E-state index in [1.807, 2.05) is 18.2 Å². The molecule has 0 aromatic heterocycles. The number of benzene rings is 7. The van der Waals surface area contributed by atoms with Gasteiger partial charge >= 0.3 is 0 Å². The summed E-state index contributed by atoms with van der Waals surface area (Å²) in [6.07, 6.45) is 0. The van der Waals surface area contributed by atoms with Crippen LogP contribution in [-0.2, 0) is 5.41 Å². The Hall–Kier alpha value is -6.37. The van der Waals surface area contributed by atoms with Crippen LogP contribution in [0.1, 0.15) is 41.7 Å². The van der Waals surface area contributed by atoms with Gasteiger partial charge in [-0.3, -0.25) is 0 Å². The molecule has 2 aliphatic rings. The lowest BCUT2D eigenvalue weighted by Crippen LogP contribution is -2.34. The van der Waals surface area contributed by atoms with Crippen molar-refractivity contribution in [2.45, 2.75) is 19.3 Å². The van der Waals surface area contributed by atoms with Crippen molar-refractivity contribution in [3.05, 3.63) is 186 Å². The Balaban J connectivity index is 1.03. The fraction of sp³-hybridized carbons (Fsp3) is 0.0652. The molecule has 0 N–H and O–H groups in total. The lowest BCUT2D eigenvalue weighted by atomic mass is 9.81. The zero-order chi connectivity index (χ0) is 33.1. The van der Waals surface area contributed by atoms with E-state index in [1.54, 1.807) is 0 Å². The smallest absolute Gasteiger partial charge is 0.192 e. The summed E-state index contributed by atoms with van der Waals surface area (Å²) in [5.74, 6) is 1.91. The van der Waals surface area contributed by atoms with Gasteiger partial charge in [0.1, 0.15) is 5.69 Å². The number of nitrogens with zero attached hydrogens (tertiary/aromatic N) is 3. The van der Waals surface area contributed by atoms with Crippen LogP contribution in [0.25, 0.3) is 44.2 Å². The van der Waals surface area contributed by atoms with E-state index < -0.39 is 0 Å². The van der Waals surface area contributed by atoms with Gasteiger partial charge in [-0.1, -0.05) is 116 Å². The van der Waals surface area contributed by atoms with Crippen LogP contribution in [0.4, 0.5) is 5.69 Å². The van der Waals surface area contributed by atoms with Gasteiger partial charge in [-0.05, 0) is 116 Å². The van der Waals surface area contributed by atoms with E-state index in [9.17, 15) is 5.26 Å². The van der Waals surface area contributed by atoms with E-state index in [0.717, 1.165) is 28.5 Å². The predicted molar refractivity (Wildman–Crippen MR) is 201 cm³/mol. The lowest BCUT2D eigenvalue weighted by molar-refractivity contribution is -0.319. The highest BCUT2D eigenvalue weighted by atomic mass is 15.2. The molecule has 230 valence electrons. The summed E-state index contributed by atoms with van der Waals surface area (Å²) in [5, 5.41) is 11.9. The Labute approximate surface area is 286 Å². The van der Waals surface area contributed by atoms with Gasteiger partial charge in [0.05, 0.1) is 22.8 Å². The van der Waals surface area contributed by atoms with Crippen LogP contribution < -0.4 is 0 Å². The molecule has 1 aliphatic carbocycles. The molecule has 1 heterocycles. The molecule has 0 radical (unpaired) electrons. The van der Waals surface area contributed by atoms with Gasteiger partial charge in [0, 0.05) is 5.41 Å². The normalized spacial score (nSPS) is 14.1. The molecule has 0 bridgehead atoms. The van der Waals surface area contributed by atoms with E-state index >= 15 is 0 Å². The maximum absolute atomic E-state index is 9.49. The minimum absolute atomic E-state index is 0.165. The predicted octanol–water partition coefficient (Wildman–Crippen LogP) is 10.9. The van der Waals surface area contributed by atoms with Crippen LogP contribution in [0.5, 0.6) is 0 Å². The van der Waals surface area contributed by atoms with Gasteiger partial charge in [-0.25, -0.2) is 0 Å². The Morgan fingerprint density at radius 3 is 1.76 bits per heavy atom. The highest BCUT2D eigenvalue weighted by Crippen LogP contribution is 2.50. The molecular formula is C46H32N3+. The van der Waals surface area contributed by atoms with Gasteiger partial charge in [0.15, 0.2) is 0 Å². The fourth-order valence-electron chi connectivity index (χ4n) is 7.46. The summed E-state index contributed by atoms with van der Waals surface area (Å²) >= 11 is 0. The van der Waals surface area contributed by atoms with Crippen molar-refractivity contribution in [1.82, 2.24) is 0 Å². The Kier molecular flexibility index (Phi) is 6.54. The number of hydrogen-bond donors (Lipinski definition) is 0. The van der Waals surface area contributed by atoms with Crippen LogP contribution in [0, 0.1) is 11.3 Å². The van der Waals surface area contributed by atoms with Crippen molar-refractivity contribution in [2.75, 3.05) is 0 Å².